The van der Waals surface area contributed by atoms with Crippen LogP contribution in [-0.4, -0.2) is 29.1 Å². The third-order valence-electron chi connectivity index (χ3n) is 4.18. The van der Waals surface area contributed by atoms with Crippen molar-refractivity contribution in [3.05, 3.63) is 65.2 Å². The molecule has 22 heavy (non-hydrogen) atoms. The number of carbonyl (C=O) groups is 1. The summed E-state index contributed by atoms with van der Waals surface area (Å²) in [6.07, 6.45) is 0.557. The zero-order chi connectivity index (χ0) is 15.5. The molecular formula is C18H19NO3. The lowest BCUT2D eigenvalue weighted by Gasteiger charge is -2.34. The van der Waals surface area contributed by atoms with Gasteiger partial charge in [0, 0.05) is 13.1 Å². The zero-order valence-electron chi connectivity index (χ0n) is 12.5. The van der Waals surface area contributed by atoms with Crippen LogP contribution in [0.4, 0.5) is 0 Å². The number of aliphatic carboxylic acids is 1. The van der Waals surface area contributed by atoms with E-state index < -0.39 is 12.0 Å². The fourth-order valence-electron chi connectivity index (χ4n) is 2.95. The Labute approximate surface area is 130 Å². The quantitative estimate of drug-likeness (QED) is 0.942. The van der Waals surface area contributed by atoms with Crippen LogP contribution in [0.1, 0.15) is 16.7 Å². The van der Waals surface area contributed by atoms with Crippen LogP contribution < -0.4 is 4.74 Å². The van der Waals surface area contributed by atoms with Crippen LogP contribution in [-0.2, 0) is 24.3 Å². The van der Waals surface area contributed by atoms with Crippen molar-refractivity contribution in [1.29, 1.82) is 0 Å². The number of rotatable bonds is 4. The number of methoxy groups -OCH3 is 1. The van der Waals surface area contributed by atoms with Crippen LogP contribution in [0.5, 0.6) is 5.75 Å². The molecule has 0 amide bonds. The first-order chi connectivity index (χ1) is 10.7. The smallest absolute Gasteiger partial charge is 0.321 e. The summed E-state index contributed by atoms with van der Waals surface area (Å²) in [6, 6.07) is 15.4. The summed E-state index contributed by atoms with van der Waals surface area (Å²) >= 11 is 0. The van der Waals surface area contributed by atoms with Gasteiger partial charge in [0.2, 0.25) is 0 Å². The molecule has 0 bridgehead atoms. The van der Waals surface area contributed by atoms with Gasteiger partial charge in [-0.3, -0.25) is 9.69 Å². The predicted molar refractivity (Wildman–Crippen MR) is 83.8 cm³/mol. The molecular weight excluding hydrogens is 278 g/mol. The molecule has 3 rings (SSSR count). The van der Waals surface area contributed by atoms with Crippen LogP contribution >= 0.6 is 0 Å². The van der Waals surface area contributed by atoms with Crippen molar-refractivity contribution >= 4 is 5.97 Å². The summed E-state index contributed by atoms with van der Waals surface area (Å²) < 4.78 is 5.16. The van der Waals surface area contributed by atoms with Gasteiger partial charge in [-0.25, -0.2) is 0 Å². The van der Waals surface area contributed by atoms with E-state index in [2.05, 4.69) is 6.07 Å². The molecule has 0 saturated heterocycles. The Hall–Kier alpha value is -2.33. The predicted octanol–water partition coefficient (Wildman–Crippen LogP) is 2.71. The van der Waals surface area contributed by atoms with Crippen molar-refractivity contribution in [3.8, 4) is 5.75 Å². The molecule has 0 radical (unpaired) electrons. The zero-order valence-corrected chi connectivity index (χ0v) is 12.5. The largest absolute Gasteiger partial charge is 0.497 e. The fraction of sp³-hybridized carbons (Fsp3) is 0.278. The van der Waals surface area contributed by atoms with Crippen molar-refractivity contribution in [3.63, 3.8) is 0 Å². The molecule has 0 fully saturated rings. The molecule has 0 spiro atoms. The molecule has 0 aromatic heterocycles. The monoisotopic (exact) mass is 297 g/mol. The van der Waals surface area contributed by atoms with Crippen LogP contribution in [0, 0.1) is 0 Å². The fourth-order valence-corrected chi connectivity index (χ4v) is 2.95. The van der Waals surface area contributed by atoms with Crippen LogP contribution in [0.3, 0.4) is 0 Å². The normalized spacial score (nSPS) is 17.8. The summed E-state index contributed by atoms with van der Waals surface area (Å²) in [5, 5.41) is 9.53. The van der Waals surface area contributed by atoms with Crippen LogP contribution in [0.15, 0.2) is 48.5 Å². The lowest BCUT2D eigenvalue weighted by molar-refractivity contribution is -0.144. The molecule has 1 aliphatic rings. The van der Waals surface area contributed by atoms with Crippen molar-refractivity contribution < 1.29 is 14.6 Å². The molecule has 0 saturated carbocycles. The van der Waals surface area contributed by atoms with E-state index in [1.165, 1.54) is 5.56 Å². The molecule has 1 aliphatic heterocycles. The van der Waals surface area contributed by atoms with Gasteiger partial charge >= 0.3 is 5.97 Å². The van der Waals surface area contributed by atoms with E-state index in [-0.39, 0.29) is 0 Å². The third kappa shape index (κ3) is 2.97. The molecule has 2 aromatic rings. The van der Waals surface area contributed by atoms with E-state index in [1.807, 2.05) is 47.4 Å². The van der Waals surface area contributed by atoms with Gasteiger partial charge in [-0.2, -0.15) is 0 Å². The average Bonchev–Trinajstić information content (AvgIpc) is 2.54. The standard InChI is InChI=1S/C18H19NO3/c1-22-16-8-6-13(7-9-16)11-19-12-15-5-3-2-4-14(15)10-17(19)18(20)21/h2-9,17H,10-12H2,1H3,(H,20,21). The summed E-state index contributed by atoms with van der Waals surface area (Å²) in [5.74, 6) is 0.0468. The highest BCUT2D eigenvalue weighted by Gasteiger charge is 2.31. The first-order valence-electron chi connectivity index (χ1n) is 7.34. The lowest BCUT2D eigenvalue weighted by Crippen LogP contribution is -2.44. The SMILES string of the molecule is COc1ccc(CN2Cc3ccccc3CC2C(=O)O)cc1. The molecule has 4 heteroatoms. The summed E-state index contributed by atoms with van der Waals surface area (Å²) in [6.45, 7) is 1.29. The third-order valence-corrected chi connectivity index (χ3v) is 4.18. The molecule has 1 N–H and O–H groups in total. The van der Waals surface area contributed by atoms with Gasteiger partial charge in [0.05, 0.1) is 7.11 Å². The minimum Gasteiger partial charge on any atom is -0.497 e. The molecule has 0 aliphatic carbocycles. The number of hydrogen-bond donors (Lipinski definition) is 1. The number of ether oxygens (including phenoxy) is 1. The van der Waals surface area contributed by atoms with Gasteiger partial charge in [-0.1, -0.05) is 36.4 Å². The van der Waals surface area contributed by atoms with Crippen molar-refractivity contribution in [2.75, 3.05) is 7.11 Å². The summed E-state index contributed by atoms with van der Waals surface area (Å²) in [7, 11) is 1.64. The van der Waals surface area contributed by atoms with E-state index in [0.29, 0.717) is 19.5 Å². The van der Waals surface area contributed by atoms with Gasteiger partial charge in [-0.15, -0.1) is 0 Å². The van der Waals surface area contributed by atoms with Crippen LogP contribution in [0.2, 0.25) is 0 Å². The number of nitrogens with zero attached hydrogens (tertiary/aromatic N) is 1. The summed E-state index contributed by atoms with van der Waals surface area (Å²) in [5.41, 5.74) is 3.45. The van der Waals surface area contributed by atoms with Gasteiger partial charge in [-0.05, 0) is 35.2 Å². The number of carboxylic acids is 1. The highest BCUT2D eigenvalue weighted by Crippen LogP contribution is 2.25. The highest BCUT2D eigenvalue weighted by atomic mass is 16.5. The maximum atomic E-state index is 11.6. The Morgan fingerprint density at radius 2 is 1.86 bits per heavy atom. The minimum atomic E-state index is -0.761. The Morgan fingerprint density at radius 3 is 2.50 bits per heavy atom. The first kappa shape index (κ1) is 14.6. The van der Waals surface area contributed by atoms with Crippen molar-refractivity contribution in [2.24, 2.45) is 0 Å². The Kier molecular flexibility index (Phi) is 4.11. The van der Waals surface area contributed by atoms with Crippen LogP contribution in [0.25, 0.3) is 0 Å². The molecule has 2 aromatic carbocycles. The summed E-state index contributed by atoms with van der Waals surface area (Å²) in [4.78, 5) is 13.6. The Morgan fingerprint density at radius 1 is 1.18 bits per heavy atom. The molecule has 1 atom stereocenters. The van der Waals surface area contributed by atoms with Crippen molar-refractivity contribution in [2.45, 2.75) is 25.6 Å². The van der Waals surface area contributed by atoms with E-state index in [9.17, 15) is 9.90 Å². The van der Waals surface area contributed by atoms with E-state index >= 15 is 0 Å². The first-order valence-corrected chi connectivity index (χ1v) is 7.34. The molecule has 4 nitrogen and oxygen atoms in total. The van der Waals surface area contributed by atoms with Gasteiger partial charge in [0.1, 0.15) is 11.8 Å². The highest BCUT2D eigenvalue weighted by molar-refractivity contribution is 5.74. The number of fused-ring (bicyclic) bond motifs is 1. The topological polar surface area (TPSA) is 49.8 Å². The van der Waals surface area contributed by atoms with E-state index in [0.717, 1.165) is 16.9 Å². The second kappa shape index (κ2) is 6.20. The maximum Gasteiger partial charge on any atom is 0.321 e. The second-order valence-electron chi connectivity index (χ2n) is 5.58. The van der Waals surface area contributed by atoms with E-state index in [4.69, 9.17) is 4.74 Å². The van der Waals surface area contributed by atoms with Crippen molar-refractivity contribution in [1.82, 2.24) is 4.90 Å². The Balaban J connectivity index is 1.82. The number of benzene rings is 2. The molecule has 1 unspecified atom stereocenters. The van der Waals surface area contributed by atoms with Gasteiger partial charge in [0.25, 0.3) is 0 Å². The number of carboxylic acid groups (broad SMARTS) is 1. The molecule has 114 valence electrons. The minimum absolute atomic E-state index is 0.475. The second-order valence-corrected chi connectivity index (χ2v) is 5.58. The number of hydrogen-bond acceptors (Lipinski definition) is 3. The Bertz CT molecular complexity index is 666. The maximum absolute atomic E-state index is 11.6. The van der Waals surface area contributed by atoms with Gasteiger partial charge in [0.15, 0.2) is 0 Å². The lowest BCUT2D eigenvalue weighted by atomic mass is 9.93. The van der Waals surface area contributed by atoms with E-state index in [1.54, 1.807) is 7.11 Å². The average molecular weight is 297 g/mol. The van der Waals surface area contributed by atoms with Gasteiger partial charge < -0.3 is 9.84 Å². The molecule has 1 heterocycles.